The fourth-order valence-corrected chi connectivity index (χ4v) is 1.64. The smallest absolute Gasteiger partial charge is 0.163 e. The van der Waals surface area contributed by atoms with Crippen LogP contribution < -0.4 is 10.9 Å². The molecule has 0 amide bonds. The van der Waals surface area contributed by atoms with Gasteiger partial charge in [-0.15, -0.1) is 0 Å². The number of hydrazine groups is 1. The lowest BCUT2D eigenvalue weighted by atomic mass is 10.3. The Labute approximate surface area is 98.6 Å². The van der Waals surface area contributed by atoms with Crippen LogP contribution >= 0.6 is 0 Å². The van der Waals surface area contributed by atoms with Crippen molar-refractivity contribution >= 4 is 5.84 Å². The van der Waals surface area contributed by atoms with Gasteiger partial charge in [0.25, 0.3) is 0 Å². The first-order valence-corrected chi connectivity index (χ1v) is 5.35. The fraction of sp³-hybridized carbons (Fsp3) is 0.0833. The molecule has 84 valence electrons. The van der Waals surface area contributed by atoms with Gasteiger partial charge < -0.3 is 5.43 Å². The highest BCUT2D eigenvalue weighted by molar-refractivity contribution is 5.97. The first kappa shape index (κ1) is 9.92. The molecule has 17 heavy (non-hydrogen) atoms. The quantitative estimate of drug-likeness (QED) is 0.801. The molecule has 2 aromatic heterocycles. The van der Waals surface area contributed by atoms with Crippen molar-refractivity contribution in [3.63, 3.8) is 0 Å². The number of amidine groups is 1. The Morgan fingerprint density at radius 3 is 2.47 bits per heavy atom. The molecule has 0 aliphatic carbocycles. The van der Waals surface area contributed by atoms with Gasteiger partial charge in [-0.3, -0.25) is 9.97 Å². The zero-order valence-electron chi connectivity index (χ0n) is 9.04. The predicted molar refractivity (Wildman–Crippen MR) is 64.0 cm³/mol. The van der Waals surface area contributed by atoms with Crippen LogP contribution in [0.15, 0.2) is 53.8 Å². The third-order valence-electron chi connectivity index (χ3n) is 2.46. The largest absolute Gasteiger partial charge is 0.302 e. The van der Waals surface area contributed by atoms with Crippen LogP contribution in [0.3, 0.4) is 0 Å². The number of pyridine rings is 2. The molecular weight excluding hydrogens is 214 g/mol. The number of rotatable bonds is 2. The average Bonchev–Trinajstić information content (AvgIpc) is 2.90. The molecule has 2 aromatic rings. The van der Waals surface area contributed by atoms with Gasteiger partial charge in [-0.05, 0) is 24.3 Å². The number of hydrogen-bond donors (Lipinski definition) is 2. The summed E-state index contributed by atoms with van der Waals surface area (Å²) in [4.78, 5) is 13.0. The predicted octanol–water partition coefficient (Wildman–Crippen LogP) is 1.03. The Morgan fingerprint density at radius 2 is 1.76 bits per heavy atom. The summed E-state index contributed by atoms with van der Waals surface area (Å²) in [5, 5.41) is 0. The molecule has 0 aromatic carbocycles. The minimum atomic E-state index is -0.159. The summed E-state index contributed by atoms with van der Waals surface area (Å²) in [6.45, 7) is 0. The van der Waals surface area contributed by atoms with Gasteiger partial charge in [0.15, 0.2) is 12.0 Å². The summed E-state index contributed by atoms with van der Waals surface area (Å²) in [7, 11) is 0. The summed E-state index contributed by atoms with van der Waals surface area (Å²) < 4.78 is 0. The molecular formula is C12H11N5. The summed E-state index contributed by atoms with van der Waals surface area (Å²) in [5.41, 5.74) is 7.78. The van der Waals surface area contributed by atoms with Crippen LogP contribution in [0.5, 0.6) is 0 Å². The maximum Gasteiger partial charge on any atom is 0.163 e. The van der Waals surface area contributed by atoms with Gasteiger partial charge in [-0.2, -0.15) is 0 Å². The lowest BCUT2D eigenvalue weighted by Gasteiger charge is -2.04. The molecule has 2 N–H and O–H groups in total. The molecule has 0 radical (unpaired) electrons. The van der Waals surface area contributed by atoms with Crippen molar-refractivity contribution in [2.24, 2.45) is 4.99 Å². The van der Waals surface area contributed by atoms with Crippen molar-refractivity contribution in [3.05, 3.63) is 60.2 Å². The van der Waals surface area contributed by atoms with Gasteiger partial charge in [0, 0.05) is 12.4 Å². The van der Waals surface area contributed by atoms with E-state index >= 15 is 0 Å². The van der Waals surface area contributed by atoms with E-state index < -0.39 is 0 Å². The van der Waals surface area contributed by atoms with Crippen molar-refractivity contribution in [2.75, 3.05) is 0 Å². The number of hydrogen-bond acceptors (Lipinski definition) is 5. The number of nitrogens with one attached hydrogen (secondary N) is 2. The number of aliphatic imine (C=N–C) groups is 1. The molecule has 1 aliphatic rings. The molecule has 0 bridgehead atoms. The van der Waals surface area contributed by atoms with Crippen LogP contribution in [-0.4, -0.2) is 15.8 Å². The van der Waals surface area contributed by atoms with Gasteiger partial charge >= 0.3 is 0 Å². The third kappa shape index (κ3) is 2.00. The highest BCUT2D eigenvalue weighted by Crippen LogP contribution is 2.14. The Balaban J connectivity index is 1.87. The lowest BCUT2D eigenvalue weighted by Crippen LogP contribution is -2.32. The summed E-state index contributed by atoms with van der Waals surface area (Å²) in [6.07, 6.45) is 3.34. The third-order valence-corrected chi connectivity index (χ3v) is 2.46. The maximum atomic E-state index is 4.50. The summed E-state index contributed by atoms with van der Waals surface area (Å²) in [5.74, 6) is 0.737. The van der Waals surface area contributed by atoms with E-state index in [1.165, 1.54) is 0 Å². The zero-order valence-corrected chi connectivity index (χ0v) is 9.04. The maximum absolute atomic E-state index is 4.50. The van der Waals surface area contributed by atoms with Crippen molar-refractivity contribution in [1.29, 1.82) is 0 Å². The van der Waals surface area contributed by atoms with E-state index in [2.05, 4.69) is 25.8 Å². The van der Waals surface area contributed by atoms with E-state index in [1.807, 2.05) is 36.4 Å². The van der Waals surface area contributed by atoms with Gasteiger partial charge in [-0.25, -0.2) is 10.4 Å². The van der Waals surface area contributed by atoms with Crippen molar-refractivity contribution in [2.45, 2.75) is 6.17 Å². The molecule has 0 spiro atoms. The second-order valence-corrected chi connectivity index (χ2v) is 3.62. The average molecular weight is 225 g/mol. The zero-order chi connectivity index (χ0) is 11.5. The van der Waals surface area contributed by atoms with E-state index in [1.54, 1.807) is 12.4 Å². The highest BCUT2D eigenvalue weighted by Gasteiger charge is 2.19. The number of nitrogens with zero attached hydrogens (tertiary/aromatic N) is 3. The Hall–Kier alpha value is -2.27. The second-order valence-electron chi connectivity index (χ2n) is 3.62. The molecule has 1 atom stereocenters. The molecule has 0 fully saturated rings. The Bertz CT molecular complexity index is 523. The summed E-state index contributed by atoms with van der Waals surface area (Å²) >= 11 is 0. The van der Waals surface area contributed by atoms with Crippen LogP contribution in [0, 0.1) is 0 Å². The molecule has 5 heteroatoms. The lowest BCUT2D eigenvalue weighted by molar-refractivity contribution is 0.561. The summed E-state index contributed by atoms with van der Waals surface area (Å²) in [6, 6.07) is 11.5. The van der Waals surface area contributed by atoms with E-state index in [0.717, 1.165) is 17.2 Å². The van der Waals surface area contributed by atoms with E-state index in [4.69, 9.17) is 0 Å². The minimum absolute atomic E-state index is 0.159. The van der Waals surface area contributed by atoms with Gasteiger partial charge in [0.05, 0.1) is 5.69 Å². The van der Waals surface area contributed by atoms with Crippen molar-refractivity contribution in [3.8, 4) is 0 Å². The Kier molecular flexibility index (Phi) is 2.51. The standard InChI is InChI=1S/C12H11N5/c1-3-7-13-9(5-1)11-15-12(17-16-11)10-6-2-4-8-14-10/h1-8,11,16H,(H,15,17). The molecule has 3 heterocycles. The normalized spacial score (nSPS) is 18.6. The second kappa shape index (κ2) is 4.31. The first-order chi connectivity index (χ1) is 8.43. The fourth-order valence-electron chi connectivity index (χ4n) is 1.64. The highest BCUT2D eigenvalue weighted by atomic mass is 15.5. The van der Waals surface area contributed by atoms with Gasteiger partial charge in [-0.1, -0.05) is 12.1 Å². The monoisotopic (exact) mass is 225 g/mol. The van der Waals surface area contributed by atoms with Crippen LogP contribution in [-0.2, 0) is 0 Å². The van der Waals surface area contributed by atoms with Crippen LogP contribution in [0.1, 0.15) is 17.6 Å². The molecule has 0 saturated heterocycles. The molecule has 0 saturated carbocycles. The molecule has 5 nitrogen and oxygen atoms in total. The van der Waals surface area contributed by atoms with Crippen molar-refractivity contribution in [1.82, 2.24) is 20.8 Å². The molecule has 3 rings (SSSR count). The Morgan fingerprint density at radius 1 is 0.941 bits per heavy atom. The first-order valence-electron chi connectivity index (χ1n) is 5.35. The van der Waals surface area contributed by atoms with E-state index in [0.29, 0.717) is 0 Å². The van der Waals surface area contributed by atoms with Crippen LogP contribution in [0.2, 0.25) is 0 Å². The topological polar surface area (TPSA) is 62.2 Å². The van der Waals surface area contributed by atoms with Crippen LogP contribution in [0.25, 0.3) is 0 Å². The van der Waals surface area contributed by atoms with E-state index in [9.17, 15) is 0 Å². The molecule has 1 unspecified atom stereocenters. The van der Waals surface area contributed by atoms with Crippen molar-refractivity contribution < 1.29 is 0 Å². The number of aromatic nitrogens is 2. The van der Waals surface area contributed by atoms with Crippen LogP contribution in [0.4, 0.5) is 0 Å². The SMILES string of the molecule is c1ccc(C2=NC(c3ccccn3)NN2)nc1. The minimum Gasteiger partial charge on any atom is -0.302 e. The molecule has 1 aliphatic heterocycles. The van der Waals surface area contributed by atoms with E-state index in [-0.39, 0.29) is 6.17 Å². The van der Waals surface area contributed by atoms with Gasteiger partial charge in [0.1, 0.15) is 5.69 Å². The van der Waals surface area contributed by atoms with Gasteiger partial charge in [0.2, 0.25) is 0 Å².